The molecule has 0 N–H and O–H groups in total. The monoisotopic (exact) mass is 974 g/mol. The number of hydrogen-bond acceptors (Lipinski definition) is 3. The van der Waals surface area contributed by atoms with Crippen LogP contribution in [0.25, 0.3) is 66.7 Å². The normalized spacial score (nSPS) is 14.0. The zero-order valence-electron chi connectivity index (χ0n) is 35.5. The van der Waals surface area contributed by atoms with Crippen molar-refractivity contribution in [2.45, 2.75) is 63.1 Å². The van der Waals surface area contributed by atoms with Crippen LogP contribution in [0.3, 0.4) is 0 Å². The first-order valence-corrected chi connectivity index (χ1v) is 26.7. The third kappa shape index (κ3) is 8.69. The first kappa shape index (κ1) is 35.8. The summed E-state index contributed by atoms with van der Waals surface area (Å²) < 4.78 is 31.4. The summed E-state index contributed by atoms with van der Waals surface area (Å²) in [6.45, 7) is -0.0564. The van der Waals surface area contributed by atoms with Gasteiger partial charge in [0.15, 0.2) is 0 Å². The molecule has 3 heterocycles. The number of aryl methyl sites for hydroxylation is 2. The minimum atomic E-state index is -2.19. The van der Waals surface area contributed by atoms with Crippen LogP contribution in [0, 0.1) is 31.8 Å². The summed E-state index contributed by atoms with van der Waals surface area (Å²) in [6, 6.07) is 47.1. The summed E-state index contributed by atoms with van der Waals surface area (Å²) in [5.74, 6) is 7.88. The molecule has 0 spiro atoms. The maximum Gasteiger partial charge on any atom is 0.121 e. The molecule has 9 rings (SSSR count). The molecule has 3 nitrogen and oxygen atoms in total. The van der Waals surface area contributed by atoms with Crippen molar-refractivity contribution >= 4 is 39.6 Å². The fourth-order valence-corrected chi connectivity index (χ4v) is 11.6. The van der Waals surface area contributed by atoms with Crippen molar-refractivity contribution in [2.24, 2.45) is 5.92 Å². The SMILES string of the molecule is [2H]C([2H])([2H])c1c[c-]c(-c2cc(C)[c]([Ge]([CH3])([CH3])[CH3])cn2)cc1-c1ccccc1.[Ir].[c-]1ccc2c(oc3cc(-c4ccccc4)ccc32)c1-c1cc(CC2CCCC2)ccn1. The Bertz CT molecular complexity index is 2700. The Morgan fingerprint density at radius 3 is 2.21 bits per heavy atom. The van der Waals surface area contributed by atoms with Gasteiger partial charge in [-0.25, -0.2) is 0 Å². The Labute approximate surface area is 352 Å². The van der Waals surface area contributed by atoms with E-state index in [2.05, 4.69) is 113 Å². The van der Waals surface area contributed by atoms with E-state index in [1.165, 1.54) is 46.8 Å². The molecule has 8 aromatic rings. The quantitative estimate of drug-likeness (QED) is 0.118. The van der Waals surface area contributed by atoms with Crippen LogP contribution in [0.15, 0.2) is 138 Å². The molecule has 56 heavy (non-hydrogen) atoms. The Hall–Kier alpha value is -4.61. The van der Waals surface area contributed by atoms with Gasteiger partial charge in [0.1, 0.15) is 5.58 Å². The number of benzene rings is 5. The third-order valence-electron chi connectivity index (χ3n) is 10.9. The van der Waals surface area contributed by atoms with E-state index in [1.54, 1.807) is 6.07 Å². The number of nitrogens with zero attached hydrogens (tertiary/aromatic N) is 2. The van der Waals surface area contributed by atoms with Crippen molar-refractivity contribution in [3.05, 3.63) is 163 Å². The molecule has 0 unspecified atom stereocenters. The van der Waals surface area contributed by atoms with Crippen molar-refractivity contribution in [2.75, 3.05) is 0 Å². The standard InChI is InChI=1S/C29H24NO.C22H24GeN.Ir/c1-2-9-22(10-3-1)23-13-14-24-25-11-6-12-26(29(25)31-28(24)19-23)27-18-21(15-16-30-27)17-20-7-4-5-8-20;1-16-11-12-19(14-20(16)18-9-7-6-8-10-18)22-13-17(2)21(15-24-22)23(3,4)5;/h1-3,6,9-11,13-16,18-20H,4-5,7-8,17H2;6-11,13-15H,1-5H3;/q2*-1;/i;1D3;. The number of hydrogen-bond donors (Lipinski definition) is 0. The Morgan fingerprint density at radius 2 is 1.50 bits per heavy atom. The second-order valence-corrected chi connectivity index (χ2v) is 26.4. The van der Waals surface area contributed by atoms with E-state index >= 15 is 0 Å². The van der Waals surface area contributed by atoms with Crippen LogP contribution in [-0.2, 0) is 26.5 Å². The van der Waals surface area contributed by atoms with Gasteiger partial charge in [-0.1, -0.05) is 90.7 Å². The topological polar surface area (TPSA) is 38.9 Å². The van der Waals surface area contributed by atoms with Gasteiger partial charge in [0.2, 0.25) is 0 Å². The van der Waals surface area contributed by atoms with Crippen LogP contribution in [0.5, 0.6) is 0 Å². The molecular weight excluding hydrogens is 921 g/mol. The molecule has 1 aliphatic rings. The molecule has 0 amide bonds. The van der Waals surface area contributed by atoms with Crippen LogP contribution >= 0.6 is 0 Å². The second-order valence-electron chi connectivity index (χ2n) is 15.9. The molecule has 3 aromatic heterocycles. The summed E-state index contributed by atoms with van der Waals surface area (Å²) in [5, 5.41) is 2.25. The predicted molar refractivity (Wildman–Crippen MR) is 233 cm³/mol. The van der Waals surface area contributed by atoms with Gasteiger partial charge in [0, 0.05) is 31.7 Å². The average Bonchev–Trinajstić information content (AvgIpc) is 3.88. The predicted octanol–water partition coefficient (Wildman–Crippen LogP) is 13.2. The van der Waals surface area contributed by atoms with E-state index in [0.29, 0.717) is 11.1 Å². The van der Waals surface area contributed by atoms with E-state index in [0.717, 1.165) is 67.9 Å². The largest absolute Gasteiger partial charge is 0.501 e. The molecule has 5 heteroatoms. The third-order valence-corrected chi connectivity index (χ3v) is 15.3. The van der Waals surface area contributed by atoms with E-state index in [9.17, 15) is 0 Å². The summed E-state index contributed by atoms with van der Waals surface area (Å²) in [7, 11) is 0. The van der Waals surface area contributed by atoms with Gasteiger partial charge in [-0.3, -0.25) is 0 Å². The second kappa shape index (κ2) is 17.3. The van der Waals surface area contributed by atoms with Gasteiger partial charge in [-0.2, -0.15) is 0 Å². The number of rotatable bonds is 7. The summed E-state index contributed by atoms with van der Waals surface area (Å²) in [5.41, 5.74) is 12.2. The fraction of sp³-hybridized carbons (Fsp3) is 0.216. The molecule has 0 aliphatic heterocycles. The fourth-order valence-electron chi connectivity index (χ4n) is 8.01. The maximum atomic E-state index is 7.87. The number of pyridine rings is 2. The van der Waals surface area contributed by atoms with E-state index in [1.807, 2.05) is 60.9 Å². The van der Waals surface area contributed by atoms with Crippen molar-refractivity contribution < 1.29 is 28.6 Å². The molecule has 1 aliphatic carbocycles. The van der Waals surface area contributed by atoms with Gasteiger partial charge in [0.25, 0.3) is 0 Å². The minimum absolute atomic E-state index is 0. The molecule has 1 radical (unpaired) electrons. The van der Waals surface area contributed by atoms with Crippen LogP contribution in [0.4, 0.5) is 0 Å². The summed E-state index contributed by atoms with van der Waals surface area (Å²) in [6.07, 6.45) is 10.5. The van der Waals surface area contributed by atoms with Crippen molar-refractivity contribution in [1.29, 1.82) is 0 Å². The number of aromatic nitrogens is 2. The van der Waals surface area contributed by atoms with E-state index in [-0.39, 0.29) is 20.1 Å². The Morgan fingerprint density at radius 1 is 0.750 bits per heavy atom. The zero-order chi connectivity index (χ0) is 40.4. The smallest absolute Gasteiger partial charge is 0.121 e. The molecule has 1 fully saturated rings. The Kier molecular flexibility index (Phi) is 11.0. The van der Waals surface area contributed by atoms with Gasteiger partial charge in [-0.05, 0) is 41.3 Å². The van der Waals surface area contributed by atoms with E-state index < -0.39 is 20.1 Å². The van der Waals surface area contributed by atoms with Gasteiger partial charge in [0.05, 0.1) is 5.58 Å². The summed E-state index contributed by atoms with van der Waals surface area (Å²) >= 11 is -1.96. The van der Waals surface area contributed by atoms with Gasteiger partial charge in [-0.15, -0.1) is 18.2 Å². The zero-order valence-corrected chi connectivity index (χ0v) is 36.9. The summed E-state index contributed by atoms with van der Waals surface area (Å²) in [4.78, 5) is 9.36. The van der Waals surface area contributed by atoms with Crippen LogP contribution in [-0.4, -0.2) is 23.2 Å². The van der Waals surface area contributed by atoms with Crippen molar-refractivity contribution in [3.63, 3.8) is 0 Å². The molecule has 0 bridgehead atoms. The molecule has 1 saturated carbocycles. The Balaban J connectivity index is 0.000000178. The van der Waals surface area contributed by atoms with Gasteiger partial charge >= 0.3 is 152 Å². The van der Waals surface area contributed by atoms with E-state index in [4.69, 9.17) is 8.53 Å². The van der Waals surface area contributed by atoms with Crippen LogP contribution in [0.1, 0.15) is 46.5 Å². The minimum Gasteiger partial charge on any atom is -0.501 e. The van der Waals surface area contributed by atoms with Crippen molar-refractivity contribution in [3.8, 4) is 44.8 Å². The number of fused-ring (bicyclic) bond motifs is 3. The molecule has 0 saturated heterocycles. The first-order valence-electron chi connectivity index (χ1n) is 20.9. The van der Waals surface area contributed by atoms with Crippen LogP contribution < -0.4 is 4.40 Å². The van der Waals surface area contributed by atoms with Gasteiger partial charge < -0.3 is 9.40 Å². The van der Waals surface area contributed by atoms with Crippen molar-refractivity contribution in [1.82, 2.24) is 9.97 Å². The number of furan rings is 1. The molecule has 283 valence electrons. The average molecular weight is 973 g/mol. The van der Waals surface area contributed by atoms with Crippen LogP contribution in [0.2, 0.25) is 17.3 Å². The first-order chi connectivity index (χ1) is 27.9. The maximum absolute atomic E-state index is 7.87. The molecule has 5 aromatic carbocycles. The molecular formula is C51H48GeIrN2O-2. The molecule has 0 atom stereocenters.